The Kier molecular flexibility index (Phi) is 4.29. The molecule has 1 atom stereocenters. The van der Waals surface area contributed by atoms with Crippen LogP contribution in [0, 0.1) is 0 Å². The molecule has 0 saturated heterocycles. The highest BCUT2D eigenvalue weighted by Crippen LogP contribution is 2.35. The van der Waals surface area contributed by atoms with Gasteiger partial charge in [-0.3, -0.25) is 14.6 Å². The minimum Gasteiger partial charge on any atom is -0.497 e. The fourth-order valence-corrected chi connectivity index (χ4v) is 3.06. The van der Waals surface area contributed by atoms with Crippen molar-refractivity contribution < 1.29 is 9.84 Å². The van der Waals surface area contributed by atoms with Gasteiger partial charge in [0.25, 0.3) is 11.1 Å². The first-order chi connectivity index (χ1) is 13.5. The zero-order chi connectivity index (χ0) is 19.7. The van der Waals surface area contributed by atoms with Gasteiger partial charge >= 0.3 is 0 Å². The second-order valence-corrected chi connectivity index (χ2v) is 6.40. The Hall–Kier alpha value is -3.71. The van der Waals surface area contributed by atoms with Crippen molar-refractivity contribution in [3.05, 3.63) is 91.1 Å². The molecule has 0 bridgehead atoms. The van der Waals surface area contributed by atoms with Gasteiger partial charge in [-0.15, -0.1) is 0 Å². The molecule has 3 N–H and O–H groups in total. The van der Waals surface area contributed by atoms with Crippen LogP contribution in [0.15, 0.2) is 63.1 Å². The number of hydrogen-bond donors (Lipinski definition) is 3. The van der Waals surface area contributed by atoms with Crippen LogP contribution < -0.4 is 26.6 Å². The molecule has 1 aliphatic rings. The molecule has 1 unspecified atom stereocenters. The maximum atomic E-state index is 12.5. The molecule has 140 valence electrons. The number of para-hydroxylation sites is 1. The molecule has 1 aliphatic heterocycles. The normalized spacial score (nSPS) is 19.1. The van der Waals surface area contributed by atoms with Crippen LogP contribution in [0.25, 0.3) is 12.2 Å². The van der Waals surface area contributed by atoms with Crippen molar-refractivity contribution in [3.8, 4) is 5.75 Å². The summed E-state index contributed by atoms with van der Waals surface area (Å²) in [6.07, 6.45) is 4.19. The summed E-state index contributed by atoms with van der Waals surface area (Å²) in [5.74, 6) is 0.691. The molecule has 0 amide bonds. The Labute approximate surface area is 159 Å². The smallest absolute Gasteiger partial charge is 0.272 e. The number of aliphatic imine (C=N–C) groups is 1. The van der Waals surface area contributed by atoms with Gasteiger partial charge in [-0.05, 0) is 35.9 Å². The Morgan fingerprint density at radius 1 is 1.00 bits per heavy atom. The third-order valence-corrected chi connectivity index (χ3v) is 4.51. The number of aromatic amines is 2. The molecule has 7 nitrogen and oxygen atoms in total. The third-order valence-electron chi connectivity index (χ3n) is 4.51. The predicted molar refractivity (Wildman–Crippen MR) is 106 cm³/mol. The van der Waals surface area contributed by atoms with E-state index in [4.69, 9.17) is 4.74 Å². The minimum atomic E-state index is -1.56. The number of aliphatic hydroxyl groups is 1. The zero-order valence-corrected chi connectivity index (χ0v) is 15.0. The van der Waals surface area contributed by atoms with E-state index in [0.717, 1.165) is 5.56 Å². The van der Waals surface area contributed by atoms with Crippen LogP contribution >= 0.6 is 0 Å². The van der Waals surface area contributed by atoms with E-state index in [1.54, 1.807) is 61.7 Å². The van der Waals surface area contributed by atoms with Crippen LogP contribution in [0.3, 0.4) is 0 Å². The van der Waals surface area contributed by atoms with Crippen molar-refractivity contribution in [1.82, 2.24) is 9.97 Å². The number of methoxy groups -OCH3 is 1. The topological polar surface area (TPSA) is 108 Å². The molecule has 0 saturated carbocycles. The van der Waals surface area contributed by atoms with Gasteiger partial charge in [-0.1, -0.05) is 30.3 Å². The number of nitrogens with zero attached hydrogens (tertiary/aromatic N) is 1. The lowest BCUT2D eigenvalue weighted by Gasteiger charge is -2.15. The molecule has 0 radical (unpaired) electrons. The van der Waals surface area contributed by atoms with Crippen LogP contribution in [0.2, 0.25) is 0 Å². The Morgan fingerprint density at radius 2 is 1.68 bits per heavy atom. The summed E-state index contributed by atoms with van der Waals surface area (Å²) in [4.78, 5) is 34.2. The van der Waals surface area contributed by atoms with Crippen molar-refractivity contribution >= 4 is 24.1 Å². The van der Waals surface area contributed by atoms with Crippen LogP contribution in [-0.4, -0.2) is 28.4 Å². The molecular weight excluding hydrogens is 358 g/mol. The van der Waals surface area contributed by atoms with Gasteiger partial charge in [0.1, 0.15) is 22.0 Å². The van der Waals surface area contributed by atoms with Gasteiger partial charge in [-0.25, -0.2) is 0 Å². The summed E-state index contributed by atoms with van der Waals surface area (Å²) >= 11 is 0. The number of ether oxygens (including phenoxy) is 1. The molecule has 28 heavy (non-hydrogen) atoms. The molecule has 0 fully saturated rings. The number of nitrogens with one attached hydrogen (secondary N) is 2. The van der Waals surface area contributed by atoms with Crippen molar-refractivity contribution in [3.63, 3.8) is 0 Å². The molecule has 7 heteroatoms. The first-order valence-corrected chi connectivity index (χ1v) is 8.57. The van der Waals surface area contributed by atoms with Crippen LogP contribution in [0.4, 0.5) is 5.69 Å². The highest BCUT2D eigenvalue weighted by atomic mass is 16.5. The lowest BCUT2D eigenvalue weighted by molar-refractivity contribution is 0.190. The molecule has 1 aromatic heterocycles. The van der Waals surface area contributed by atoms with Crippen LogP contribution in [-0.2, 0) is 5.60 Å². The van der Waals surface area contributed by atoms with Gasteiger partial charge in [0.15, 0.2) is 0 Å². The first-order valence-electron chi connectivity index (χ1n) is 8.57. The first kappa shape index (κ1) is 17.7. The largest absolute Gasteiger partial charge is 0.497 e. The second kappa shape index (κ2) is 6.79. The lowest BCUT2D eigenvalue weighted by Crippen LogP contribution is -2.48. The predicted octanol–water partition coefficient (Wildman–Crippen LogP) is 0.285. The van der Waals surface area contributed by atoms with Crippen LogP contribution in [0.1, 0.15) is 11.1 Å². The van der Waals surface area contributed by atoms with Crippen molar-refractivity contribution in [2.24, 2.45) is 4.99 Å². The van der Waals surface area contributed by atoms with Gasteiger partial charge in [0.2, 0.25) is 0 Å². The Balaban J connectivity index is 1.79. The zero-order valence-electron chi connectivity index (χ0n) is 15.0. The summed E-state index contributed by atoms with van der Waals surface area (Å²) < 4.78 is 5.10. The molecule has 2 heterocycles. The molecule has 4 rings (SSSR count). The number of benzene rings is 2. The standard InChI is InChI=1S/C21H17N3O4/c1-28-14-8-6-13(7-9-14)10-17-19(25)24-18(20(26)23-17)11-21(27)12-22-16-5-3-2-4-15(16)21/h2-12,27H,1H3,(H,23,26)(H,24,25). The SMILES string of the molecule is COc1ccc(C=c2[nH]c(=O)c(=CC3(O)C=Nc4ccccc43)[nH]c2=O)cc1. The maximum Gasteiger partial charge on any atom is 0.272 e. The molecule has 2 aromatic carbocycles. The van der Waals surface area contributed by atoms with Crippen molar-refractivity contribution in [2.45, 2.75) is 5.60 Å². The Morgan fingerprint density at radius 3 is 2.43 bits per heavy atom. The van der Waals surface area contributed by atoms with Crippen LogP contribution in [0.5, 0.6) is 5.75 Å². The van der Waals surface area contributed by atoms with Crippen molar-refractivity contribution in [1.29, 1.82) is 0 Å². The summed E-state index contributed by atoms with van der Waals surface area (Å²) in [5, 5.41) is 10.9. The quantitative estimate of drug-likeness (QED) is 0.611. The average molecular weight is 375 g/mol. The third kappa shape index (κ3) is 3.19. The molecule has 0 aliphatic carbocycles. The highest BCUT2D eigenvalue weighted by Gasteiger charge is 2.31. The lowest BCUT2D eigenvalue weighted by atomic mass is 9.96. The maximum absolute atomic E-state index is 12.5. The van der Waals surface area contributed by atoms with E-state index in [2.05, 4.69) is 15.0 Å². The number of fused-ring (bicyclic) bond motifs is 1. The average Bonchev–Trinajstić information content (AvgIpc) is 3.03. The van der Waals surface area contributed by atoms with Gasteiger partial charge in [-0.2, -0.15) is 0 Å². The second-order valence-electron chi connectivity index (χ2n) is 6.40. The molecular formula is C21H17N3O4. The monoisotopic (exact) mass is 375 g/mol. The number of aromatic nitrogens is 2. The van der Waals surface area contributed by atoms with E-state index in [1.807, 2.05) is 0 Å². The van der Waals surface area contributed by atoms with E-state index >= 15 is 0 Å². The number of rotatable bonds is 3. The van der Waals surface area contributed by atoms with E-state index in [1.165, 1.54) is 12.3 Å². The summed E-state index contributed by atoms with van der Waals surface area (Å²) in [6.45, 7) is 0. The minimum absolute atomic E-state index is 0.0393. The summed E-state index contributed by atoms with van der Waals surface area (Å²) in [7, 11) is 1.57. The van der Waals surface area contributed by atoms with Gasteiger partial charge in [0, 0.05) is 11.8 Å². The highest BCUT2D eigenvalue weighted by molar-refractivity contribution is 5.89. The van der Waals surface area contributed by atoms with Gasteiger partial charge < -0.3 is 19.8 Å². The summed E-state index contributed by atoms with van der Waals surface area (Å²) in [5.41, 5.74) is -0.671. The van der Waals surface area contributed by atoms with E-state index in [9.17, 15) is 14.7 Å². The van der Waals surface area contributed by atoms with E-state index in [0.29, 0.717) is 17.0 Å². The van der Waals surface area contributed by atoms with Gasteiger partial charge in [0.05, 0.1) is 12.8 Å². The fourth-order valence-electron chi connectivity index (χ4n) is 3.06. The van der Waals surface area contributed by atoms with E-state index in [-0.39, 0.29) is 10.7 Å². The molecule has 3 aromatic rings. The van der Waals surface area contributed by atoms with E-state index < -0.39 is 16.7 Å². The number of hydrogen-bond acceptors (Lipinski definition) is 5. The number of H-pyrrole nitrogens is 2. The van der Waals surface area contributed by atoms with Crippen molar-refractivity contribution in [2.75, 3.05) is 7.11 Å². The Bertz CT molecular complexity index is 1300. The fraction of sp³-hybridized carbons (Fsp3) is 0.0952. The summed E-state index contributed by atoms with van der Waals surface area (Å²) in [6, 6.07) is 14.1. The molecule has 0 spiro atoms.